The van der Waals surface area contributed by atoms with Gasteiger partial charge in [0.25, 0.3) is 0 Å². The second kappa shape index (κ2) is 7.63. The normalized spacial score (nSPS) is 16.6. The van der Waals surface area contributed by atoms with Crippen LogP contribution in [-0.2, 0) is 9.53 Å². The zero-order valence-electron chi connectivity index (χ0n) is 10.9. The summed E-state index contributed by atoms with van der Waals surface area (Å²) in [6, 6.07) is 0. The monoisotopic (exact) mass is 231 g/mol. The van der Waals surface area contributed by atoms with E-state index in [0.29, 0.717) is 5.92 Å². The standard InChI is InChI=1S/C8H16O2.C4H9NO/c1-6(2)5-8(3,4)7(9)10;1-3-6-4-2-5-1/h6H,5H2,1-4H3,(H,9,10);5H,1-4H2. The van der Waals surface area contributed by atoms with Crippen molar-refractivity contribution in [2.75, 3.05) is 26.3 Å². The molecular formula is C12H25NO3. The van der Waals surface area contributed by atoms with Gasteiger partial charge in [-0.1, -0.05) is 13.8 Å². The van der Waals surface area contributed by atoms with Gasteiger partial charge in [-0.05, 0) is 26.2 Å². The highest BCUT2D eigenvalue weighted by atomic mass is 16.5. The molecule has 0 atom stereocenters. The first-order chi connectivity index (χ1) is 7.36. The van der Waals surface area contributed by atoms with E-state index in [4.69, 9.17) is 9.84 Å². The lowest BCUT2D eigenvalue weighted by atomic mass is 9.84. The number of aliphatic carboxylic acids is 1. The quantitative estimate of drug-likeness (QED) is 0.777. The van der Waals surface area contributed by atoms with Crippen molar-refractivity contribution in [3.63, 3.8) is 0 Å². The van der Waals surface area contributed by atoms with Crippen LogP contribution < -0.4 is 5.32 Å². The van der Waals surface area contributed by atoms with Crippen LogP contribution in [0.1, 0.15) is 34.1 Å². The number of morpholine rings is 1. The van der Waals surface area contributed by atoms with E-state index in [1.807, 2.05) is 13.8 Å². The van der Waals surface area contributed by atoms with Gasteiger partial charge < -0.3 is 15.2 Å². The Bertz CT molecular complexity index is 187. The number of nitrogens with one attached hydrogen (secondary N) is 1. The molecule has 1 heterocycles. The van der Waals surface area contributed by atoms with Crippen LogP contribution in [0.25, 0.3) is 0 Å². The van der Waals surface area contributed by atoms with Gasteiger partial charge in [0.1, 0.15) is 0 Å². The average Bonchev–Trinajstić information content (AvgIpc) is 2.19. The van der Waals surface area contributed by atoms with E-state index in [9.17, 15) is 4.79 Å². The van der Waals surface area contributed by atoms with Crippen molar-refractivity contribution in [3.8, 4) is 0 Å². The van der Waals surface area contributed by atoms with Crippen molar-refractivity contribution in [1.29, 1.82) is 0 Å². The molecule has 1 aliphatic rings. The van der Waals surface area contributed by atoms with Crippen LogP contribution in [0, 0.1) is 11.3 Å². The number of carboxylic acid groups (broad SMARTS) is 1. The van der Waals surface area contributed by atoms with Crippen molar-refractivity contribution < 1.29 is 14.6 Å². The zero-order chi connectivity index (χ0) is 12.6. The molecule has 2 N–H and O–H groups in total. The molecule has 1 rings (SSSR count). The van der Waals surface area contributed by atoms with E-state index in [2.05, 4.69) is 5.32 Å². The van der Waals surface area contributed by atoms with Gasteiger partial charge in [0.2, 0.25) is 0 Å². The second-order valence-corrected chi connectivity index (χ2v) is 5.15. The fraction of sp³-hybridized carbons (Fsp3) is 0.917. The smallest absolute Gasteiger partial charge is 0.309 e. The zero-order valence-corrected chi connectivity index (χ0v) is 10.9. The molecule has 0 unspecified atom stereocenters. The number of hydrogen-bond acceptors (Lipinski definition) is 3. The molecule has 0 amide bonds. The van der Waals surface area contributed by atoms with Crippen molar-refractivity contribution in [3.05, 3.63) is 0 Å². The molecule has 0 radical (unpaired) electrons. The molecule has 0 aromatic carbocycles. The van der Waals surface area contributed by atoms with Crippen LogP contribution in [-0.4, -0.2) is 37.4 Å². The highest BCUT2D eigenvalue weighted by Gasteiger charge is 2.27. The van der Waals surface area contributed by atoms with Gasteiger partial charge in [0, 0.05) is 13.1 Å². The summed E-state index contributed by atoms with van der Waals surface area (Å²) in [5, 5.41) is 11.8. The Morgan fingerprint density at radius 2 is 1.88 bits per heavy atom. The minimum Gasteiger partial charge on any atom is -0.481 e. The molecule has 0 saturated carbocycles. The van der Waals surface area contributed by atoms with Crippen molar-refractivity contribution in [2.45, 2.75) is 34.1 Å². The molecule has 0 bridgehead atoms. The largest absolute Gasteiger partial charge is 0.481 e. The predicted molar refractivity (Wildman–Crippen MR) is 64.6 cm³/mol. The first-order valence-electron chi connectivity index (χ1n) is 5.88. The summed E-state index contributed by atoms with van der Waals surface area (Å²) in [5.74, 6) is -0.257. The minimum atomic E-state index is -0.707. The Morgan fingerprint density at radius 3 is 2.00 bits per heavy atom. The van der Waals surface area contributed by atoms with Gasteiger partial charge in [-0.15, -0.1) is 0 Å². The van der Waals surface area contributed by atoms with Crippen LogP contribution in [0.3, 0.4) is 0 Å². The van der Waals surface area contributed by atoms with Crippen LogP contribution in [0.15, 0.2) is 0 Å². The van der Waals surface area contributed by atoms with E-state index in [0.717, 1.165) is 32.7 Å². The third-order valence-electron chi connectivity index (χ3n) is 2.34. The Hall–Kier alpha value is -0.610. The lowest BCUT2D eigenvalue weighted by molar-refractivity contribution is -0.147. The topological polar surface area (TPSA) is 58.6 Å². The van der Waals surface area contributed by atoms with Gasteiger partial charge in [0.05, 0.1) is 18.6 Å². The van der Waals surface area contributed by atoms with Crippen molar-refractivity contribution in [2.24, 2.45) is 11.3 Å². The highest BCUT2D eigenvalue weighted by Crippen LogP contribution is 2.24. The number of carboxylic acids is 1. The van der Waals surface area contributed by atoms with Gasteiger partial charge in [0.15, 0.2) is 0 Å². The fourth-order valence-corrected chi connectivity index (χ4v) is 1.62. The van der Waals surface area contributed by atoms with E-state index >= 15 is 0 Å². The first kappa shape index (κ1) is 15.4. The molecule has 4 heteroatoms. The van der Waals surface area contributed by atoms with E-state index < -0.39 is 11.4 Å². The third kappa shape index (κ3) is 7.65. The molecule has 1 fully saturated rings. The van der Waals surface area contributed by atoms with Crippen LogP contribution in [0.5, 0.6) is 0 Å². The number of ether oxygens (including phenoxy) is 1. The Labute approximate surface area is 98.4 Å². The second-order valence-electron chi connectivity index (χ2n) is 5.15. The van der Waals surface area contributed by atoms with Crippen LogP contribution in [0.4, 0.5) is 0 Å². The number of rotatable bonds is 3. The summed E-state index contributed by atoms with van der Waals surface area (Å²) < 4.78 is 5.01. The Morgan fingerprint density at radius 1 is 1.38 bits per heavy atom. The molecule has 16 heavy (non-hydrogen) atoms. The lowest BCUT2D eigenvalue weighted by Crippen LogP contribution is -2.30. The molecule has 4 nitrogen and oxygen atoms in total. The van der Waals surface area contributed by atoms with Gasteiger partial charge in [-0.25, -0.2) is 0 Å². The highest BCUT2D eigenvalue weighted by molar-refractivity contribution is 5.73. The predicted octanol–water partition coefficient (Wildman–Crippen LogP) is 1.75. The first-order valence-corrected chi connectivity index (χ1v) is 5.88. The van der Waals surface area contributed by atoms with Gasteiger partial charge >= 0.3 is 5.97 Å². The maximum absolute atomic E-state index is 10.6. The summed E-state index contributed by atoms with van der Waals surface area (Å²) in [5.41, 5.74) is -0.561. The fourth-order valence-electron chi connectivity index (χ4n) is 1.62. The maximum Gasteiger partial charge on any atom is 0.309 e. The maximum atomic E-state index is 10.6. The van der Waals surface area contributed by atoms with E-state index in [1.165, 1.54) is 0 Å². The molecule has 1 saturated heterocycles. The molecule has 0 aromatic heterocycles. The van der Waals surface area contributed by atoms with Gasteiger partial charge in [-0.3, -0.25) is 4.79 Å². The van der Waals surface area contributed by atoms with Crippen molar-refractivity contribution in [1.82, 2.24) is 5.32 Å². The Kier molecular flexibility index (Phi) is 7.34. The number of hydrogen-bond donors (Lipinski definition) is 2. The Balaban J connectivity index is 0.000000315. The SMILES string of the molecule is C1COCCN1.CC(C)CC(C)(C)C(=O)O. The molecule has 96 valence electrons. The van der Waals surface area contributed by atoms with Crippen LogP contribution in [0.2, 0.25) is 0 Å². The molecular weight excluding hydrogens is 206 g/mol. The average molecular weight is 231 g/mol. The summed E-state index contributed by atoms with van der Waals surface area (Å²) in [6.07, 6.45) is 0.738. The van der Waals surface area contributed by atoms with Crippen LogP contribution >= 0.6 is 0 Å². The summed E-state index contributed by atoms with van der Waals surface area (Å²) in [4.78, 5) is 10.6. The lowest BCUT2D eigenvalue weighted by Gasteiger charge is -2.20. The molecule has 0 aromatic rings. The molecule has 0 spiro atoms. The molecule has 0 aliphatic carbocycles. The third-order valence-corrected chi connectivity index (χ3v) is 2.34. The summed E-state index contributed by atoms with van der Waals surface area (Å²) >= 11 is 0. The van der Waals surface area contributed by atoms with E-state index in [-0.39, 0.29) is 0 Å². The summed E-state index contributed by atoms with van der Waals surface area (Å²) in [6.45, 7) is 11.4. The van der Waals surface area contributed by atoms with E-state index in [1.54, 1.807) is 13.8 Å². The number of carbonyl (C=O) groups is 1. The van der Waals surface area contributed by atoms with Crippen molar-refractivity contribution >= 4 is 5.97 Å². The van der Waals surface area contributed by atoms with Gasteiger partial charge in [-0.2, -0.15) is 0 Å². The molecule has 1 aliphatic heterocycles. The minimum absolute atomic E-state index is 0.450. The summed E-state index contributed by atoms with van der Waals surface area (Å²) in [7, 11) is 0.